The van der Waals surface area contributed by atoms with E-state index in [1.165, 1.54) is 19.2 Å². The van der Waals surface area contributed by atoms with E-state index in [0.717, 1.165) is 37.7 Å². The Morgan fingerprint density at radius 1 is 1.29 bits per heavy atom. The zero-order valence-corrected chi connectivity index (χ0v) is 10.0. The molecule has 0 atom stereocenters. The van der Waals surface area contributed by atoms with E-state index in [0.29, 0.717) is 0 Å². The molecule has 1 aliphatic carbocycles. The number of hydrogen-bond acceptors (Lipinski definition) is 2. The molecule has 0 heterocycles. The summed E-state index contributed by atoms with van der Waals surface area (Å²) >= 11 is 0. The maximum Gasteiger partial charge on any atom is 0.316 e. The zero-order chi connectivity index (χ0) is 12.3. The van der Waals surface area contributed by atoms with Crippen molar-refractivity contribution >= 4 is 5.97 Å². The number of carbonyl (C=O) groups is 1. The minimum absolute atomic E-state index is 0.234. The van der Waals surface area contributed by atoms with Crippen molar-refractivity contribution in [3.8, 4) is 0 Å². The standard InChI is InChI=1S/C14H17FO2/c1-17-13(16)14(8-3-2-4-9-14)11-6-5-7-12(15)10-11/h5-7,10H,2-4,8-9H2,1H3. The second kappa shape index (κ2) is 4.86. The molecule has 0 amide bonds. The molecule has 0 spiro atoms. The smallest absolute Gasteiger partial charge is 0.316 e. The minimum atomic E-state index is -0.630. The Labute approximate surface area is 101 Å². The summed E-state index contributed by atoms with van der Waals surface area (Å²) in [5, 5.41) is 0. The van der Waals surface area contributed by atoms with Crippen molar-refractivity contribution in [3.05, 3.63) is 35.6 Å². The van der Waals surface area contributed by atoms with Crippen LogP contribution in [0.25, 0.3) is 0 Å². The fraction of sp³-hybridized carbons (Fsp3) is 0.500. The Balaban J connectivity index is 2.42. The molecule has 2 nitrogen and oxygen atoms in total. The van der Waals surface area contributed by atoms with E-state index in [1.54, 1.807) is 6.07 Å². The van der Waals surface area contributed by atoms with E-state index in [9.17, 15) is 9.18 Å². The average Bonchev–Trinajstić information content (AvgIpc) is 2.38. The van der Waals surface area contributed by atoms with Crippen LogP contribution in [0.15, 0.2) is 24.3 Å². The van der Waals surface area contributed by atoms with Gasteiger partial charge in [0.2, 0.25) is 0 Å². The van der Waals surface area contributed by atoms with Gasteiger partial charge in [0.05, 0.1) is 12.5 Å². The van der Waals surface area contributed by atoms with Gasteiger partial charge in [0.1, 0.15) is 5.82 Å². The van der Waals surface area contributed by atoms with Crippen LogP contribution in [-0.4, -0.2) is 13.1 Å². The predicted molar refractivity (Wildman–Crippen MR) is 63.2 cm³/mol. The van der Waals surface area contributed by atoms with Crippen LogP contribution in [0, 0.1) is 5.82 Å². The molecule has 92 valence electrons. The lowest BCUT2D eigenvalue weighted by Gasteiger charge is -2.34. The molecule has 0 aromatic heterocycles. The first-order valence-electron chi connectivity index (χ1n) is 6.03. The molecule has 0 aliphatic heterocycles. The van der Waals surface area contributed by atoms with Crippen molar-refractivity contribution in [2.24, 2.45) is 0 Å². The second-order valence-corrected chi connectivity index (χ2v) is 4.64. The molecule has 1 aliphatic rings. The summed E-state index contributed by atoms with van der Waals surface area (Å²) in [5.41, 5.74) is 0.124. The van der Waals surface area contributed by atoms with Crippen molar-refractivity contribution in [1.82, 2.24) is 0 Å². The molecule has 2 rings (SSSR count). The number of rotatable bonds is 2. The van der Waals surface area contributed by atoms with Crippen molar-refractivity contribution in [2.45, 2.75) is 37.5 Å². The maximum absolute atomic E-state index is 13.3. The number of esters is 1. The van der Waals surface area contributed by atoms with Crippen molar-refractivity contribution in [2.75, 3.05) is 7.11 Å². The van der Waals surface area contributed by atoms with Crippen molar-refractivity contribution in [1.29, 1.82) is 0 Å². The number of methoxy groups -OCH3 is 1. The first kappa shape index (κ1) is 12.1. The van der Waals surface area contributed by atoms with Crippen LogP contribution in [0.3, 0.4) is 0 Å². The lowest BCUT2D eigenvalue weighted by Crippen LogP contribution is -2.39. The molecule has 1 aromatic carbocycles. The molecule has 0 radical (unpaired) electrons. The largest absolute Gasteiger partial charge is 0.468 e. The molecule has 0 N–H and O–H groups in total. The molecule has 17 heavy (non-hydrogen) atoms. The zero-order valence-electron chi connectivity index (χ0n) is 10.0. The topological polar surface area (TPSA) is 26.3 Å². The van der Waals surface area contributed by atoms with E-state index >= 15 is 0 Å². The van der Waals surface area contributed by atoms with Crippen LogP contribution < -0.4 is 0 Å². The summed E-state index contributed by atoms with van der Waals surface area (Å²) < 4.78 is 18.2. The number of ether oxygens (including phenoxy) is 1. The van der Waals surface area contributed by atoms with Crippen LogP contribution >= 0.6 is 0 Å². The summed E-state index contributed by atoms with van der Waals surface area (Å²) in [6.45, 7) is 0. The minimum Gasteiger partial charge on any atom is -0.468 e. The summed E-state index contributed by atoms with van der Waals surface area (Å²) in [6.07, 6.45) is 4.62. The van der Waals surface area contributed by atoms with Gasteiger partial charge in [-0.15, -0.1) is 0 Å². The van der Waals surface area contributed by atoms with Crippen LogP contribution in [0.2, 0.25) is 0 Å². The third-order valence-electron chi connectivity index (χ3n) is 3.66. The number of hydrogen-bond donors (Lipinski definition) is 0. The van der Waals surface area contributed by atoms with Gasteiger partial charge in [-0.2, -0.15) is 0 Å². The van der Waals surface area contributed by atoms with E-state index < -0.39 is 5.41 Å². The van der Waals surface area contributed by atoms with Gasteiger partial charge in [0.25, 0.3) is 0 Å². The summed E-state index contributed by atoms with van der Waals surface area (Å²) in [4.78, 5) is 12.1. The Kier molecular flexibility index (Phi) is 3.46. The highest BCUT2D eigenvalue weighted by Gasteiger charge is 2.42. The summed E-state index contributed by atoms with van der Waals surface area (Å²) in [5.74, 6) is -0.529. The Hall–Kier alpha value is -1.38. The molecule has 1 aromatic rings. The summed E-state index contributed by atoms with van der Waals surface area (Å²) in [6, 6.07) is 6.34. The Bertz CT molecular complexity index is 408. The van der Waals surface area contributed by atoms with Gasteiger partial charge in [0, 0.05) is 0 Å². The highest BCUT2D eigenvalue weighted by Crippen LogP contribution is 2.40. The molecule has 1 fully saturated rings. The second-order valence-electron chi connectivity index (χ2n) is 4.64. The summed E-state index contributed by atoms with van der Waals surface area (Å²) in [7, 11) is 1.40. The fourth-order valence-corrected chi connectivity index (χ4v) is 2.75. The van der Waals surface area contributed by atoms with Gasteiger partial charge in [-0.1, -0.05) is 31.4 Å². The molecule has 1 saturated carbocycles. The van der Waals surface area contributed by atoms with Gasteiger partial charge in [-0.3, -0.25) is 4.79 Å². The number of carbonyl (C=O) groups excluding carboxylic acids is 1. The van der Waals surface area contributed by atoms with E-state index in [4.69, 9.17) is 4.74 Å². The molecule has 0 bridgehead atoms. The number of benzene rings is 1. The van der Waals surface area contributed by atoms with Crippen LogP contribution in [-0.2, 0) is 14.9 Å². The van der Waals surface area contributed by atoms with Crippen molar-refractivity contribution in [3.63, 3.8) is 0 Å². The van der Waals surface area contributed by atoms with Crippen LogP contribution in [0.1, 0.15) is 37.7 Å². The molecule has 0 saturated heterocycles. The highest BCUT2D eigenvalue weighted by molar-refractivity contribution is 5.83. The lowest BCUT2D eigenvalue weighted by molar-refractivity contribution is -0.149. The van der Waals surface area contributed by atoms with E-state index in [2.05, 4.69) is 0 Å². The average molecular weight is 236 g/mol. The van der Waals surface area contributed by atoms with Gasteiger partial charge < -0.3 is 4.74 Å². The van der Waals surface area contributed by atoms with Gasteiger partial charge in [-0.05, 0) is 30.5 Å². The lowest BCUT2D eigenvalue weighted by atomic mass is 9.69. The molecule has 3 heteroatoms. The first-order valence-corrected chi connectivity index (χ1v) is 6.03. The molecule has 0 unspecified atom stereocenters. The van der Waals surface area contributed by atoms with Crippen molar-refractivity contribution < 1.29 is 13.9 Å². The van der Waals surface area contributed by atoms with Gasteiger partial charge in [-0.25, -0.2) is 4.39 Å². The SMILES string of the molecule is COC(=O)C1(c2cccc(F)c2)CCCCC1. The quantitative estimate of drug-likeness (QED) is 0.737. The predicted octanol–water partition coefficient (Wildman–Crippen LogP) is 3.20. The molecular formula is C14H17FO2. The number of halogens is 1. The first-order chi connectivity index (χ1) is 8.19. The Morgan fingerprint density at radius 3 is 2.59 bits per heavy atom. The van der Waals surface area contributed by atoms with Gasteiger partial charge >= 0.3 is 5.97 Å². The third-order valence-corrected chi connectivity index (χ3v) is 3.66. The van der Waals surface area contributed by atoms with Crippen LogP contribution in [0.5, 0.6) is 0 Å². The maximum atomic E-state index is 13.3. The molecular weight excluding hydrogens is 219 g/mol. The fourth-order valence-electron chi connectivity index (χ4n) is 2.75. The normalized spacial score (nSPS) is 18.7. The monoisotopic (exact) mass is 236 g/mol. The van der Waals surface area contributed by atoms with E-state index in [1.807, 2.05) is 6.07 Å². The Morgan fingerprint density at radius 2 is 2.00 bits per heavy atom. The van der Waals surface area contributed by atoms with Gasteiger partial charge in [0.15, 0.2) is 0 Å². The third kappa shape index (κ3) is 2.19. The van der Waals surface area contributed by atoms with Crippen LogP contribution in [0.4, 0.5) is 4.39 Å². The van der Waals surface area contributed by atoms with E-state index in [-0.39, 0.29) is 11.8 Å². The highest BCUT2D eigenvalue weighted by atomic mass is 19.1.